The van der Waals surface area contributed by atoms with Crippen molar-refractivity contribution in [1.29, 1.82) is 0 Å². The molecule has 0 aromatic heterocycles. The minimum atomic E-state index is -0.987. The van der Waals surface area contributed by atoms with Crippen LogP contribution in [0.3, 0.4) is 0 Å². The van der Waals surface area contributed by atoms with Crippen LogP contribution in [0.25, 0.3) is 0 Å². The maximum Gasteiger partial charge on any atom is 0.314 e. The van der Waals surface area contributed by atoms with E-state index < -0.39 is 17.2 Å². The van der Waals surface area contributed by atoms with E-state index in [1.165, 1.54) is 12.1 Å². The van der Waals surface area contributed by atoms with Crippen LogP contribution in [0.1, 0.15) is 31.2 Å². The number of halogens is 2. The molecule has 1 N–H and O–H groups in total. The zero-order chi connectivity index (χ0) is 11.8. The highest BCUT2D eigenvalue weighted by Gasteiger charge is 2.44. The van der Waals surface area contributed by atoms with Crippen LogP contribution >= 0.6 is 11.6 Å². The minimum absolute atomic E-state index is 0.0493. The van der Waals surface area contributed by atoms with Crippen LogP contribution in [-0.2, 0) is 10.2 Å². The molecule has 0 aliphatic heterocycles. The van der Waals surface area contributed by atoms with Gasteiger partial charge in [-0.1, -0.05) is 36.6 Å². The van der Waals surface area contributed by atoms with Gasteiger partial charge in [-0.3, -0.25) is 4.79 Å². The summed E-state index contributed by atoms with van der Waals surface area (Å²) in [7, 11) is 0. The molecule has 1 saturated carbocycles. The first-order valence-corrected chi connectivity index (χ1v) is 5.63. The average Bonchev–Trinajstić information content (AvgIpc) is 2.72. The minimum Gasteiger partial charge on any atom is -0.481 e. The van der Waals surface area contributed by atoms with Gasteiger partial charge in [0.25, 0.3) is 0 Å². The van der Waals surface area contributed by atoms with Gasteiger partial charge >= 0.3 is 5.97 Å². The van der Waals surface area contributed by atoms with Crippen LogP contribution in [0.15, 0.2) is 18.2 Å². The van der Waals surface area contributed by atoms with E-state index in [9.17, 15) is 14.3 Å². The van der Waals surface area contributed by atoms with Crippen molar-refractivity contribution in [2.75, 3.05) is 0 Å². The molecule has 0 atom stereocenters. The standard InChI is InChI=1S/C12H12ClFO2/c13-10-8(4-3-5-9(10)14)12(11(15)16)6-1-2-7-12/h3-5H,1-2,6-7H2,(H,15,16). The zero-order valence-electron chi connectivity index (χ0n) is 8.67. The molecule has 0 saturated heterocycles. The Morgan fingerprint density at radius 2 is 2.00 bits per heavy atom. The lowest BCUT2D eigenvalue weighted by Gasteiger charge is -2.25. The molecule has 0 amide bonds. The highest BCUT2D eigenvalue weighted by molar-refractivity contribution is 6.31. The number of aliphatic carboxylic acids is 1. The van der Waals surface area contributed by atoms with Crippen molar-refractivity contribution < 1.29 is 14.3 Å². The summed E-state index contributed by atoms with van der Waals surface area (Å²) in [4.78, 5) is 11.4. The third-order valence-corrected chi connectivity index (χ3v) is 3.72. The first-order valence-electron chi connectivity index (χ1n) is 5.26. The van der Waals surface area contributed by atoms with Gasteiger partial charge in [0, 0.05) is 0 Å². The summed E-state index contributed by atoms with van der Waals surface area (Å²) in [6.07, 6.45) is 2.76. The van der Waals surface area contributed by atoms with Crippen molar-refractivity contribution in [2.24, 2.45) is 0 Å². The third-order valence-electron chi connectivity index (χ3n) is 3.33. The van der Waals surface area contributed by atoms with E-state index in [0.29, 0.717) is 18.4 Å². The summed E-state index contributed by atoms with van der Waals surface area (Å²) >= 11 is 5.87. The Morgan fingerprint density at radius 1 is 1.38 bits per heavy atom. The van der Waals surface area contributed by atoms with Crippen molar-refractivity contribution in [2.45, 2.75) is 31.1 Å². The Kier molecular flexibility index (Phi) is 2.89. The van der Waals surface area contributed by atoms with Gasteiger partial charge in [0.1, 0.15) is 5.82 Å². The summed E-state index contributed by atoms with van der Waals surface area (Å²) in [6, 6.07) is 4.38. The molecule has 0 spiro atoms. The van der Waals surface area contributed by atoms with E-state index >= 15 is 0 Å². The fourth-order valence-corrected chi connectivity index (χ4v) is 2.76. The SMILES string of the molecule is O=C(O)C1(c2cccc(F)c2Cl)CCCC1. The molecule has 1 aromatic rings. The Hall–Kier alpha value is -1.09. The molecular formula is C12H12ClFO2. The molecule has 86 valence electrons. The van der Waals surface area contributed by atoms with Crippen molar-refractivity contribution in [3.05, 3.63) is 34.6 Å². The Morgan fingerprint density at radius 3 is 2.56 bits per heavy atom. The number of hydrogen-bond acceptors (Lipinski definition) is 1. The van der Waals surface area contributed by atoms with Gasteiger partial charge in [0.05, 0.1) is 10.4 Å². The normalized spacial score (nSPS) is 18.6. The Balaban J connectivity index is 2.56. The number of carboxylic acids is 1. The predicted octanol–water partition coefficient (Wildman–Crippen LogP) is 3.38. The van der Waals surface area contributed by atoms with E-state index in [-0.39, 0.29) is 5.02 Å². The second-order valence-corrected chi connectivity index (χ2v) is 4.57. The lowest BCUT2D eigenvalue weighted by atomic mass is 9.79. The zero-order valence-corrected chi connectivity index (χ0v) is 9.43. The largest absolute Gasteiger partial charge is 0.481 e. The summed E-state index contributed by atoms with van der Waals surface area (Å²) in [5, 5.41) is 9.30. The van der Waals surface area contributed by atoms with Gasteiger partial charge in [-0.25, -0.2) is 4.39 Å². The number of benzene rings is 1. The third kappa shape index (κ3) is 1.59. The molecule has 1 aliphatic carbocycles. The lowest BCUT2D eigenvalue weighted by Crippen LogP contribution is -2.33. The molecule has 0 bridgehead atoms. The fraction of sp³-hybridized carbons (Fsp3) is 0.417. The molecule has 4 heteroatoms. The monoisotopic (exact) mass is 242 g/mol. The second-order valence-electron chi connectivity index (χ2n) is 4.20. The van der Waals surface area contributed by atoms with Crippen molar-refractivity contribution in [1.82, 2.24) is 0 Å². The highest BCUT2D eigenvalue weighted by Crippen LogP contribution is 2.44. The molecule has 2 nitrogen and oxygen atoms in total. The van der Waals surface area contributed by atoms with E-state index in [2.05, 4.69) is 0 Å². The fourth-order valence-electron chi connectivity index (χ4n) is 2.45. The molecule has 1 fully saturated rings. The van der Waals surface area contributed by atoms with Gasteiger partial charge in [-0.15, -0.1) is 0 Å². The molecule has 1 aromatic carbocycles. The van der Waals surface area contributed by atoms with Gasteiger partial charge in [0.2, 0.25) is 0 Å². The van der Waals surface area contributed by atoms with Crippen LogP contribution in [0.5, 0.6) is 0 Å². The first kappa shape index (κ1) is 11.4. The van der Waals surface area contributed by atoms with E-state index in [1.54, 1.807) is 6.07 Å². The second kappa shape index (κ2) is 4.06. The van der Waals surface area contributed by atoms with Crippen LogP contribution in [0.2, 0.25) is 5.02 Å². The molecule has 0 radical (unpaired) electrons. The average molecular weight is 243 g/mol. The van der Waals surface area contributed by atoms with Crippen LogP contribution in [0.4, 0.5) is 4.39 Å². The molecule has 2 rings (SSSR count). The predicted molar refractivity (Wildman–Crippen MR) is 59.2 cm³/mol. The summed E-state index contributed by atoms with van der Waals surface area (Å²) < 4.78 is 13.3. The van der Waals surface area contributed by atoms with E-state index in [0.717, 1.165) is 12.8 Å². The van der Waals surface area contributed by atoms with Gasteiger partial charge in [-0.2, -0.15) is 0 Å². The van der Waals surface area contributed by atoms with Gasteiger partial charge < -0.3 is 5.11 Å². The molecule has 1 aliphatic rings. The van der Waals surface area contributed by atoms with Crippen LogP contribution in [0, 0.1) is 5.82 Å². The molecule has 16 heavy (non-hydrogen) atoms. The van der Waals surface area contributed by atoms with Crippen molar-refractivity contribution >= 4 is 17.6 Å². The molecular weight excluding hydrogens is 231 g/mol. The summed E-state index contributed by atoms with van der Waals surface area (Å²) in [6.45, 7) is 0. The summed E-state index contributed by atoms with van der Waals surface area (Å²) in [5.41, 5.74) is -0.571. The summed E-state index contributed by atoms with van der Waals surface area (Å²) in [5.74, 6) is -1.45. The topological polar surface area (TPSA) is 37.3 Å². The number of carboxylic acid groups (broad SMARTS) is 1. The van der Waals surface area contributed by atoms with Gasteiger partial charge in [-0.05, 0) is 24.5 Å². The van der Waals surface area contributed by atoms with Gasteiger partial charge in [0.15, 0.2) is 0 Å². The smallest absolute Gasteiger partial charge is 0.314 e. The lowest BCUT2D eigenvalue weighted by molar-refractivity contribution is -0.143. The van der Waals surface area contributed by atoms with Crippen LogP contribution in [-0.4, -0.2) is 11.1 Å². The van der Waals surface area contributed by atoms with Crippen molar-refractivity contribution in [3.8, 4) is 0 Å². The molecule has 0 unspecified atom stereocenters. The number of hydrogen-bond donors (Lipinski definition) is 1. The number of carbonyl (C=O) groups is 1. The van der Waals surface area contributed by atoms with E-state index in [4.69, 9.17) is 11.6 Å². The Bertz CT molecular complexity index is 425. The quantitative estimate of drug-likeness (QED) is 0.863. The Labute approximate surface area is 98.0 Å². The van der Waals surface area contributed by atoms with E-state index in [1.807, 2.05) is 0 Å². The maximum absolute atomic E-state index is 13.3. The number of rotatable bonds is 2. The van der Waals surface area contributed by atoms with Crippen LogP contribution < -0.4 is 0 Å². The highest BCUT2D eigenvalue weighted by atomic mass is 35.5. The first-order chi connectivity index (χ1) is 7.58. The molecule has 0 heterocycles. The van der Waals surface area contributed by atoms with Crippen molar-refractivity contribution in [3.63, 3.8) is 0 Å². The maximum atomic E-state index is 13.3.